The number of ether oxygens (including phenoxy) is 2. The van der Waals surface area contributed by atoms with Gasteiger partial charge in [0.2, 0.25) is 0 Å². The normalized spacial score (nSPS) is 12.0. The van der Waals surface area contributed by atoms with Gasteiger partial charge in [-0.15, -0.1) is 0 Å². The van der Waals surface area contributed by atoms with Crippen molar-refractivity contribution in [3.05, 3.63) is 53.4 Å². The maximum Gasteiger partial charge on any atom is 0.251 e. The third kappa shape index (κ3) is 4.20. The number of hydrogen-bond acceptors (Lipinski definition) is 6. The Hall–Kier alpha value is -3.06. The Morgan fingerprint density at radius 2 is 1.96 bits per heavy atom. The third-order valence-corrected chi connectivity index (χ3v) is 4.15. The molecule has 1 aromatic heterocycles. The number of aromatic nitrogens is 1. The number of oxazole rings is 1. The van der Waals surface area contributed by atoms with Crippen LogP contribution >= 0.6 is 0 Å². The molecule has 0 saturated heterocycles. The molecule has 7 heteroatoms. The lowest BCUT2D eigenvalue weighted by Gasteiger charge is -2.10. The first-order valence-corrected chi connectivity index (χ1v) is 8.56. The summed E-state index contributed by atoms with van der Waals surface area (Å²) in [6.45, 7) is 1.61. The Kier molecular flexibility index (Phi) is 5.61. The summed E-state index contributed by atoms with van der Waals surface area (Å²) in [5, 5.41) is 11.8. The summed E-state index contributed by atoms with van der Waals surface area (Å²) in [6, 6.07) is 10.4. The van der Waals surface area contributed by atoms with Crippen molar-refractivity contribution in [2.45, 2.75) is 19.4 Å². The third-order valence-electron chi connectivity index (χ3n) is 4.15. The number of hydrogen-bond donors (Lipinski definition) is 2. The van der Waals surface area contributed by atoms with Gasteiger partial charge in [-0.25, -0.2) is 4.98 Å². The van der Waals surface area contributed by atoms with Crippen LogP contribution in [0.2, 0.25) is 0 Å². The van der Waals surface area contributed by atoms with Gasteiger partial charge in [-0.1, -0.05) is 6.07 Å². The number of aliphatic hydroxyl groups is 1. The van der Waals surface area contributed by atoms with Crippen LogP contribution in [0.25, 0.3) is 11.1 Å². The van der Waals surface area contributed by atoms with Gasteiger partial charge in [-0.2, -0.15) is 0 Å². The molecule has 27 heavy (non-hydrogen) atoms. The highest BCUT2D eigenvalue weighted by Crippen LogP contribution is 2.29. The van der Waals surface area contributed by atoms with E-state index in [0.29, 0.717) is 40.5 Å². The van der Waals surface area contributed by atoms with Crippen molar-refractivity contribution in [1.82, 2.24) is 10.3 Å². The van der Waals surface area contributed by atoms with Gasteiger partial charge < -0.3 is 24.3 Å². The summed E-state index contributed by atoms with van der Waals surface area (Å²) in [4.78, 5) is 16.6. The van der Waals surface area contributed by atoms with E-state index in [-0.39, 0.29) is 18.6 Å². The molecule has 0 bridgehead atoms. The molecule has 3 aromatic rings. The van der Waals surface area contributed by atoms with E-state index >= 15 is 0 Å². The fourth-order valence-corrected chi connectivity index (χ4v) is 2.71. The molecule has 0 aliphatic rings. The number of nitrogens with zero attached hydrogens (tertiary/aromatic N) is 1. The fraction of sp³-hybridized carbons (Fsp3) is 0.300. The first-order chi connectivity index (χ1) is 13.0. The highest BCUT2D eigenvalue weighted by molar-refractivity contribution is 5.97. The quantitative estimate of drug-likeness (QED) is 0.664. The highest BCUT2D eigenvalue weighted by atomic mass is 16.5. The van der Waals surface area contributed by atoms with E-state index in [1.807, 2.05) is 18.2 Å². The Balaban J connectivity index is 1.81. The van der Waals surface area contributed by atoms with E-state index < -0.39 is 0 Å². The largest absolute Gasteiger partial charge is 0.493 e. The standard InChI is InChI=1S/C20H22N2O5/c1-12(11-23)21-20(24)14-5-6-15-17(10-14)27-19(22-15)9-13-4-7-16(25-2)18(8-13)26-3/h4-8,10,12,23H,9,11H2,1-3H3,(H,21,24)/t12-/m0/s1. The second-order valence-corrected chi connectivity index (χ2v) is 6.21. The Morgan fingerprint density at radius 1 is 1.19 bits per heavy atom. The molecule has 3 rings (SSSR count). The molecule has 0 unspecified atom stereocenters. The van der Waals surface area contributed by atoms with Crippen LogP contribution in [0, 0.1) is 0 Å². The minimum Gasteiger partial charge on any atom is -0.493 e. The SMILES string of the molecule is COc1ccc(Cc2nc3ccc(C(=O)N[C@@H](C)CO)cc3o2)cc1OC. The van der Waals surface area contributed by atoms with Gasteiger partial charge in [-0.3, -0.25) is 4.79 Å². The molecule has 1 heterocycles. The van der Waals surface area contributed by atoms with E-state index in [1.54, 1.807) is 39.3 Å². The molecule has 2 N–H and O–H groups in total. The molecular weight excluding hydrogens is 348 g/mol. The van der Waals surface area contributed by atoms with Crippen LogP contribution in [0.3, 0.4) is 0 Å². The van der Waals surface area contributed by atoms with Crippen molar-refractivity contribution in [2.24, 2.45) is 0 Å². The van der Waals surface area contributed by atoms with Gasteiger partial charge in [0.05, 0.1) is 20.8 Å². The lowest BCUT2D eigenvalue weighted by molar-refractivity contribution is 0.0922. The second kappa shape index (κ2) is 8.09. The highest BCUT2D eigenvalue weighted by Gasteiger charge is 2.13. The van der Waals surface area contributed by atoms with Crippen molar-refractivity contribution in [1.29, 1.82) is 0 Å². The predicted octanol–water partition coefficient (Wildman–Crippen LogP) is 2.55. The smallest absolute Gasteiger partial charge is 0.251 e. The number of carbonyl (C=O) groups excluding carboxylic acids is 1. The Bertz CT molecular complexity index is 951. The Morgan fingerprint density at radius 3 is 2.67 bits per heavy atom. The number of nitrogens with one attached hydrogen (secondary N) is 1. The number of benzene rings is 2. The summed E-state index contributed by atoms with van der Waals surface area (Å²) in [5.74, 6) is 1.57. The van der Waals surface area contributed by atoms with Crippen LogP contribution in [0.5, 0.6) is 11.5 Å². The molecule has 0 spiro atoms. The zero-order valence-corrected chi connectivity index (χ0v) is 15.5. The summed E-state index contributed by atoms with van der Waals surface area (Å²) < 4.78 is 16.4. The first-order valence-electron chi connectivity index (χ1n) is 8.56. The lowest BCUT2D eigenvalue weighted by atomic mass is 10.1. The van der Waals surface area contributed by atoms with Crippen LogP contribution in [0.15, 0.2) is 40.8 Å². The van der Waals surface area contributed by atoms with Gasteiger partial charge in [0.1, 0.15) is 5.52 Å². The van der Waals surface area contributed by atoms with Crippen LogP contribution in [0.1, 0.15) is 28.7 Å². The van der Waals surface area contributed by atoms with Gasteiger partial charge in [0.15, 0.2) is 23.0 Å². The first kappa shape index (κ1) is 18.7. The summed E-state index contributed by atoms with van der Waals surface area (Å²) in [7, 11) is 3.18. The molecule has 1 atom stereocenters. The van der Waals surface area contributed by atoms with Crippen LogP contribution in [-0.2, 0) is 6.42 Å². The molecule has 0 radical (unpaired) electrons. The molecule has 142 valence electrons. The maximum absolute atomic E-state index is 12.2. The lowest BCUT2D eigenvalue weighted by Crippen LogP contribution is -2.34. The number of carbonyl (C=O) groups is 1. The topological polar surface area (TPSA) is 93.8 Å². The molecule has 0 aliphatic heterocycles. The predicted molar refractivity (Wildman–Crippen MR) is 100 cm³/mol. The van der Waals surface area contributed by atoms with E-state index in [1.165, 1.54) is 0 Å². The molecule has 0 aliphatic carbocycles. The number of fused-ring (bicyclic) bond motifs is 1. The van der Waals surface area contributed by atoms with Crippen LogP contribution in [0.4, 0.5) is 0 Å². The molecular formula is C20H22N2O5. The van der Waals surface area contributed by atoms with E-state index in [9.17, 15) is 4.79 Å². The minimum atomic E-state index is -0.316. The minimum absolute atomic E-state index is 0.119. The molecule has 2 aromatic carbocycles. The average molecular weight is 370 g/mol. The number of rotatable bonds is 7. The van der Waals surface area contributed by atoms with Crippen LogP contribution in [-0.4, -0.2) is 42.9 Å². The van der Waals surface area contributed by atoms with Gasteiger partial charge >= 0.3 is 0 Å². The van der Waals surface area contributed by atoms with E-state index in [4.69, 9.17) is 19.0 Å². The molecule has 7 nitrogen and oxygen atoms in total. The number of aliphatic hydroxyl groups excluding tert-OH is 1. The maximum atomic E-state index is 12.2. The van der Waals surface area contributed by atoms with Crippen molar-refractivity contribution in [3.8, 4) is 11.5 Å². The van der Waals surface area contributed by atoms with Gasteiger partial charge in [0.25, 0.3) is 5.91 Å². The van der Waals surface area contributed by atoms with E-state index in [0.717, 1.165) is 5.56 Å². The molecule has 0 fully saturated rings. The average Bonchev–Trinajstić information content (AvgIpc) is 3.08. The zero-order chi connectivity index (χ0) is 19.4. The zero-order valence-electron chi connectivity index (χ0n) is 15.5. The summed E-state index contributed by atoms with van der Waals surface area (Å²) >= 11 is 0. The fourth-order valence-electron chi connectivity index (χ4n) is 2.71. The summed E-state index contributed by atoms with van der Waals surface area (Å²) in [5.41, 5.74) is 2.64. The molecule has 1 amide bonds. The van der Waals surface area contributed by atoms with Crippen molar-refractivity contribution in [3.63, 3.8) is 0 Å². The van der Waals surface area contributed by atoms with E-state index in [2.05, 4.69) is 10.3 Å². The monoisotopic (exact) mass is 370 g/mol. The van der Waals surface area contributed by atoms with Gasteiger partial charge in [-0.05, 0) is 42.8 Å². The molecule has 0 saturated carbocycles. The van der Waals surface area contributed by atoms with Crippen molar-refractivity contribution >= 4 is 17.0 Å². The number of methoxy groups -OCH3 is 2. The summed E-state index contributed by atoms with van der Waals surface area (Å²) in [6.07, 6.45) is 0.484. The van der Waals surface area contributed by atoms with Crippen molar-refractivity contribution in [2.75, 3.05) is 20.8 Å². The second-order valence-electron chi connectivity index (χ2n) is 6.21. The number of amides is 1. The Labute approximate surface area is 156 Å². The van der Waals surface area contributed by atoms with Crippen molar-refractivity contribution < 1.29 is 23.8 Å². The van der Waals surface area contributed by atoms with Gasteiger partial charge in [0, 0.05) is 18.0 Å². The van der Waals surface area contributed by atoms with Crippen LogP contribution < -0.4 is 14.8 Å².